The summed E-state index contributed by atoms with van der Waals surface area (Å²) in [6.45, 7) is 2.18. The molecule has 0 spiro atoms. The highest BCUT2D eigenvalue weighted by atomic mass is 16.4. The molecular weight excluding hydrogens is 256 g/mol. The highest BCUT2D eigenvalue weighted by Crippen LogP contribution is 2.25. The van der Waals surface area contributed by atoms with Crippen molar-refractivity contribution in [2.75, 3.05) is 5.32 Å². The molecule has 106 valence electrons. The molecule has 5 nitrogen and oxygen atoms in total. The van der Waals surface area contributed by atoms with Gasteiger partial charge >= 0.3 is 5.97 Å². The first kappa shape index (κ1) is 14.2. The molecule has 1 aliphatic rings. The summed E-state index contributed by atoms with van der Waals surface area (Å²) in [6.07, 6.45) is 8.00. The molecule has 0 radical (unpaired) electrons. The normalized spacial score (nSPS) is 21.4. The summed E-state index contributed by atoms with van der Waals surface area (Å²) in [5.74, 6) is 0.150. The Morgan fingerprint density at radius 2 is 2.25 bits per heavy atom. The van der Waals surface area contributed by atoms with Crippen molar-refractivity contribution in [3.05, 3.63) is 36.0 Å². The minimum absolute atomic E-state index is 0.0932. The lowest BCUT2D eigenvalue weighted by atomic mass is 9.86. The van der Waals surface area contributed by atoms with E-state index in [0.29, 0.717) is 18.2 Å². The van der Waals surface area contributed by atoms with Crippen molar-refractivity contribution in [1.29, 1.82) is 0 Å². The van der Waals surface area contributed by atoms with Gasteiger partial charge in [0.05, 0.1) is 5.56 Å². The minimum Gasteiger partial charge on any atom is -0.478 e. The monoisotopic (exact) mass is 274 g/mol. The predicted octanol–water partition coefficient (Wildman–Crippen LogP) is 2.71. The van der Waals surface area contributed by atoms with Crippen LogP contribution in [0.15, 0.2) is 30.5 Å². The SMILES string of the molecule is CC1CC=CC(CC(=O)Nc2ccc(C(=O)O)cn2)C1. The molecule has 1 aliphatic carbocycles. The number of rotatable bonds is 4. The largest absolute Gasteiger partial charge is 0.478 e. The van der Waals surface area contributed by atoms with Crippen LogP contribution in [-0.4, -0.2) is 22.0 Å². The number of carbonyl (C=O) groups is 2. The minimum atomic E-state index is -1.03. The van der Waals surface area contributed by atoms with Gasteiger partial charge in [0, 0.05) is 12.6 Å². The molecule has 1 aromatic rings. The molecule has 2 rings (SSSR count). The number of aromatic nitrogens is 1. The van der Waals surface area contributed by atoms with Gasteiger partial charge in [-0.05, 0) is 36.8 Å². The lowest BCUT2D eigenvalue weighted by Crippen LogP contribution is -2.19. The van der Waals surface area contributed by atoms with Crippen molar-refractivity contribution in [2.45, 2.75) is 26.2 Å². The van der Waals surface area contributed by atoms with Crippen LogP contribution in [0, 0.1) is 11.8 Å². The number of hydrogen-bond acceptors (Lipinski definition) is 3. The van der Waals surface area contributed by atoms with E-state index in [9.17, 15) is 9.59 Å². The molecule has 20 heavy (non-hydrogen) atoms. The van der Waals surface area contributed by atoms with E-state index < -0.39 is 5.97 Å². The van der Waals surface area contributed by atoms with Crippen LogP contribution >= 0.6 is 0 Å². The fourth-order valence-electron chi connectivity index (χ4n) is 2.37. The van der Waals surface area contributed by atoms with Crippen molar-refractivity contribution in [3.8, 4) is 0 Å². The summed E-state index contributed by atoms with van der Waals surface area (Å²) in [7, 11) is 0. The molecule has 0 bridgehead atoms. The summed E-state index contributed by atoms with van der Waals surface area (Å²) >= 11 is 0. The average Bonchev–Trinajstić information content (AvgIpc) is 2.39. The van der Waals surface area contributed by atoms with Crippen LogP contribution in [-0.2, 0) is 4.79 Å². The molecule has 1 aromatic heterocycles. The first-order valence-electron chi connectivity index (χ1n) is 6.70. The fourth-order valence-corrected chi connectivity index (χ4v) is 2.37. The van der Waals surface area contributed by atoms with Gasteiger partial charge in [-0.25, -0.2) is 9.78 Å². The van der Waals surface area contributed by atoms with Gasteiger partial charge in [-0.1, -0.05) is 19.1 Å². The molecule has 0 aliphatic heterocycles. The van der Waals surface area contributed by atoms with Crippen LogP contribution in [0.2, 0.25) is 0 Å². The lowest BCUT2D eigenvalue weighted by molar-refractivity contribution is -0.116. The van der Waals surface area contributed by atoms with Crippen LogP contribution in [0.25, 0.3) is 0 Å². The van der Waals surface area contributed by atoms with E-state index in [4.69, 9.17) is 5.11 Å². The summed E-state index contributed by atoms with van der Waals surface area (Å²) in [5.41, 5.74) is 0.104. The van der Waals surface area contributed by atoms with Gasteiger partial charge in [0.2, 0.25) is 5.91 Å². The van der Waals surface area contributed by atoms with E-state index in [1.165, 1.54) is 18.3 Å². The maximum Gasteiger partial charge on any atom is 0.337 e. The van der Waals surface area contributed by atoms with E-state index >= 15 is 0 Å². The second-order valence-corrected chi connectivity index (χ2v) is 5.25. The Bertz CT molecular complexity index is 522. The Hall–Kier alpha value is -2.17. The number of hydrogen-bond donors (Lipinski definition) is 2. The topological polar surface area (TPSA) is 79.3 Å². The van der Waals surface area contributed by atoms with Gasteiger partial charge in [-0.15, -0.1) is 0 Å². The molecule has 2 atom stereocenters. The number of carboxylic acid groups (broad SMARTS) is 1. The number of aromatic carboxylic acids is 1. The van der Waals surface area contributed by atoms with Gasteiger partial charge in [-0.3, -0.25) is 4.79 Å². The summed E-state index contributed by atoms with van der Waals surface area (Å²) in [6, 6.07) is 2.92. The Labute approximate surface area is 117 Å². The standard InChI is InChI=1S/C15H18N2O3/c1-10-3-2-4-11(7-10)8-14(18)17-13-6-5-12(9-16-13)15(19)20/h2,4-6,9-11H,3,7-8H2,1H3,(H,19,20)(H,16,17,18). The number of carbonyl (C=O) groups excluding carboxylic acids is 1. The summed E-state index contributed by atoms with van der Waals surface area (Å²) < 4.78 is 0. The maximum atomic E-state index is 11.9. The molecule has 1 amide bonds. The molecule has 0 saturated heterocycles. The zero-order valence-electron chi connectivity index (χ0n) is 11.4. The number of nitrogens with zero attached hydrogens (tertiary/aromatic N) is 1. The third-order valence-corrected chi connectivity index (χ3v) is 3.38. The number of amides is 1. The predicted molar refractivity (Wildman–Crippen MR) is 75.5 cm³/mol. The van der Waals surface area contributed by atoms with Crippen LogP contribution in [0.1, 0.15) is 36.5 Å². The first-order chi connectivity index (χ1) is 9.54. The van der Waals surface area contributed by atoms with Crippen molar-refractivity contribution >= 4 is 17.7 Å². The molecular formula is C15H18N2O3. The summed E-state index contributed by atoms with van der Waals surface area (Å²) in [4.78, 5) is 26.5. The maximum absolute atomic E-state index is 11.9. The van der Waals surface area contributed by atoms with Crippen LogP contribution in [0.5, 0.6) is 0 Å². The molecule has 0 aromatic carbocycles. The van der Waals surface area contributed by atoms with Crippen LogP contribution in [0.3, 0.4) is 0 Å². The molecule has 2 unspecified atom stereocenters. The first-order valence-corrected chi connectivity index (χ1v) is 6.70. The Kier molecular flexibility index (Phi) is 4.50. The van der Waals surface area contributed by atoms with Gasteiger partial charge in [0.1, 0.15) is 5.82 Å². The van der Waals surface area contributed by atoms with Gasteiger partial charge in [0.15, 0.2) is 0 Å². The van der Waals surface area contributed by atoms with Gasteiger partial charge in [0.25, 0.3) is 0 Å². The second-order valence-electron chi connectivity index (χ2n) is 5.25. The third kappa shape index (κ3) is 3.91. The quantitative estimate of drug-likeness (QED) is 0.827. The fraction of sp³-hybridized carbons (Fsp3) is 0.400. The molecule has 5 heteroatoms. The molecule has 1 heterocycles. The Morgan fingerprint density at radius 3 is 2.85 bits per heavy atom. The average molecular weight is 274 g/mol. The van der Waals surface area contributed by atoms with Crippen molar-refractivity contribution in [1.82, 2.24) is 4.98 Å². The van der Waals surface area contributed by atoms with Crippen LogP contribution < -0.4 is 5.32 Å². The molecule has 2 N–H and O–H groups in total. The number of carboxylic acids is 1. The van der Waals surface area contributed by atoms with Crippen molar-refractivity contribution in [2.24, 2.45) is 11.8 Å². The molecule has 0 saturated carbocycles. The highest BCUT2D eigenvalue weighted by molar-refractivity contribution is 5.91. The van der Waals surface area contributed by atoms with E-state index in [0.717, 1.165) is 12.8 Å². The highest BCUT2D eigenvalue weighted by Gasteiger charge is 2.17. The smallest absolute Gasteiger partial charge is 0.337 e. The van der Waals surface area contributed by atoms with E-state index in [-0.39, 0.29) is 17.4 Å². The number of allylic oxidation sites excluding steroid dienone is 2. The Morgan fingerprint density at radius 1 is 1.45 bits per heavy atom. The Balaban J connectivity index is 1.89. The second kappa shape index (κ2) is 6.32. The van der Waals surface area contributed by atoms with Crippen LogP contribution in [0.4, 0.5) is 5.82 Å². The van der Waals surface area contributed by atoms with Gasteiger partial charge < -0.3 is 10.4 Å². The van der Waals surface area contributed by atoms with E-state index in [1.54, 1.807) is 0 Å². The van der Waals surface area contributed by atoms with Crippen molar-refractivity contribution < 1.29 is 14.7 Å². The van der Waals surface area contributed by atoms with E-state index in [2.05, 4.69) is 29.4 Å². The molecule has 0 fully saturated rings. The lowest BCUT2D eigenvalue weighted by Gasteiger charge is -2.21. The summed E-state index contributed by atoms with van der Waals surface area (Å²) in [5, 5.41) is 11.5. The van der Waals surface area contributed by atoms with Crippen molar-refractivity contribution in [3.63, 3.8) is 0 Å². The number of nitrogens with one attached hydrogen (secondary N) is 1. The number of anilines is 1. The zero-order chi connectivity index (χ0) is 14.5. The number of pyridine rings is 1. The third-order valence-electron chi connectivity index (χ3n) is 3.38. The zero-order valence-corrected chi connectivity index (χ0v) is 11.4. The van der Waals surface area contributed by atoms with Gasteiger partial charge in [-0.2, -0.15) is 0 Å². The van der Waals surface area contributed by atoms with E-state index in [1.807, 2.05) is 0 Å².